The van der Waals surface area contributed by atoms with Gasteiger partial charge in [0.2, 0.25) is 0 Å². The summed E-state index contributed by atoms with van der Waals surface area (Å²) in [6.07, 6.45) is 0.112. The van der Waals surface area contributed by atoms with Gasteiger partial charge in [0.25, 0.3) is 0 Å². The molecule has 106 valence electrons. The van der Waals surface area contributed by atoms with Crippen LogP contribution in [0.1, 0.15) is 31.9 Å². The van der Waals surface area contributed by atoms with Crippen molar-refractivity contribution < 1.29 is 19.0 Å². The van der Waals surface area contributed by atoms with Crippen LogP contribution in [0.3, 0.4) is 0 Å². The van der Waals surface area contributed by atoms with Crippen LogP contribution >= 0.6 is 0 Å². The molecule has 1 rings (SSSR count). The minimum absolute atomic E-state index is 0.112. The molecule has 0 fully saturated rings. The highest BCUT2D eigenvalue weighted by Crippen LogP contribution is 2.30. The second-order valence-electron chi connectivity index (χ2n) is 3.95. The number of carbonyl (C=O) groups is 1. The number of benzene rings is 1. The van der Waals surface area contributed by atoms with Crippen molar-refractivity contribution in [1.29, 1.82) is 0 Å². The average Bonchev–Trinajstić information content (AvgIpc) is 2.39. The highest BCUT2D eigenvalue weighted by atomic mass is 16.5. The first kappa shape index (κ1) is 15.3. The van der Waals surface area contributed by atoms with Crippen LogP contribution in [0.15, 0.2) is 18.2 Å². The molecule has 1 aromatic rings. The minimum Gasteiger partial charge on any atom is -0.497 e. The third-order valence-corrected chi connectivity index (χ3v) is 2.61. The second-order valence-corrected chi connectivity index (χ2v) is 3.95. The molecule has 0 heterocycles. The first-order chi connectivity index (χ1) is 9.12. The van der Waals surface area contributed by atoms with Crippen molar-refractivity contribution >= 4 is 5.97 Å². The van der Waals surface area contributed by atoms with Crippen LogP contribution in [-0.4, -0.2) is 26.3 Å². The van der Waals surface area contributed by atoms with Gasteiger partial charge in [-0.2, -0.15) is 0 Å². The van der Waals surface area contributed by atoms with E-state index < -0.39 is 6.04 Å². The Hall–Kier alpha value is -1.75. The van der Waals surface area contributed by atoms with Crippen LogP contribution in [0.5, 0.6) is 11.5 Å². The van der Waals surface area contributed by atoms with E-state index in [1.807, 2.05) is 6.92 Å². The molecule has 0 aliphatic rings. The number of carbonyl (C=O) groups excluding carboxylic acids is 1. The monoisotopic (exact) mass is 267 g/mol. The van der Waals surface area contributed by atoms with Gasteiger partial charge in [0, 0.05) is 11.6 Å². The normalized spacial score (nSPS) is 11.8. The van der Waals surface area contributed by atoms with E-state index in [0.717, 1.165) is 5.56 Å². The lowest BCUT2D eigenvalue weighted by Gasteiger charge is -2.17. The average molecular weight is 267 g/mol. The molecule has 0 saturated carbocycles. The van der Waals surface area contributed by atoms with Gasteiger partial charge in [0.1, 0.15) is 11.5 Å². The number of rotatable bonds is 7. The third kappa shape index (κ3) is 4.44. The van der Waals surface area contributed by atoms with Crippen molar-refractivity contribution in [3.8, 4) is 11.5 Å². The topological polar surface area (TPSA) is 70.8 Å². The SMILES string of the molecule is CCOC(=O)CC(N)c1cc(OC)ccc1OCC. The molecule has 2 N–H and O–H groups in total. The maximum absolute atomic E-state index is 11.5. The van der Waals surface area contributed by atoms with Crippen LogP contribution in [0.2, 0.25) is 0 Å². The van der Waals surface area contributed by atoms with E-state index in [0.29, 0.717) is 24.7 Å². The van der Waals surface area contributed by atoms with Crippen LogP contribution in [0.25, 0.3) is 0 Å². The maximum atomic E-state index is 11.5. The molecule has 0 radical (unpaired) electrons. The fourth-order valence-corrected chi connectivity index (χ4v) is 1.74. The Balaban J connectivity index is 2.91. The minimum atomic E-state index is -0.476. The Labute approximate surface area is 113 Å². The zero-order valence-electron chi connectivity index (χ0n) is 11.6. The van der Waals surface area contributed by atoms with Gasteiger partial charge in [0.15, 0.2) is 0 Å². The van der Waals surface area contributed by atoms with Crippen LogP contribution in [-0.2, 0) is 9.53 Å². The third-order valence-electron chi connectivity index (χ3n) is 2.61. The number of hydrogen-bond acceptors (Lipinski definition) is 5. The first-order valence-electron chi connectivity index (χ1n) is 6.34. The Kier molecular flexibility index (Phi) is 6.15. The summed E-state index contributed by atoms with van der Waals surface area (Å²) in [6.45, 7) is 4.54. The zero-order chi connectivity index (χ0) is 14.3. The van der Waals surface area contributed by atoms with Gasteiger partial charge < -0.3 is 19.9 Å². The number of nitrogens with two attached hydrogens (primary N) is 1. The van der Waals surface area contributed by atoms with Crippen molar-refractivity contribution in [3.63, 3.8) is 0 Å². The number of hydrogen-bond donors (Lipinski definition) is 1. The number of esters is 1. The molecule has 1 atom stereocenters. The van der Waals surface area contributed by atoms with Gasteiger partial charge in [-0.25, -0.2) is 0 Å². The molecule has 0 aliphatic carbocycles. The lowest BCUT2D eigenvalue weighted by molar-refractivity contribution is -0.143. The molecule has 5 heteroatoms. The number of ether oxygens (including phenoxy) is 3. The van der Waals surface area contributed by atoms with Gasteiger partial charge in [-0.05, 0) is 32.0 Å². The summed E-state index contributed by atoms with van der Waals surface area (Å²) >= 11 is 0. The molecular weight excluding hydrogens is 246 g/mol. The van der Waals surface area contributed by atoms with E-state index in [9.17, 15) is 4.79 Å². The molecule has 1 aromatic carbocycles. The maximum Gasteiger partial charge on any atom is 0.307 e. The van der Waals surface area contributed by atoms with Crippen molar-refractivity contribution in [2.24, 2.45) is 5.73 Å². The van der Waals surface area contributed by atoms with Gasteiger partial charge in [-0.15, -0.1) is 0 Å². The van der Waals surface area contributed by atoms with Crippen LogP contribution in [0, 0.1) is 0 Å². The molecule has 19 heavy (non-hydrogen) atoms. The van der Waals surface area contributed by atoms with E-state index in [1.165, 1.54) is 0 Å². The molecule has 0 aromatic heterocycles. The summed E-state index contributed by atoms with van der Waals surface area (Å²) in [5, 5.41) is 0. The van der Waals surface area contributed by atoms with E-state index in [2.05, 4.69) is 0 Å². The van der Waals surface area contributed by atoms with Gasteiger partial charge in [-0.3, -0.25) is 4.79 Å². The van der Waals surface area contributed by atoms with Crippen molar-refractivity contribution in [1.82, 2.24) is 0 Å². The molecule has 5 nitrogen and oxygen atoms in total. The number of methoxy groups -OCH3 is 1. The molecule has 0 saturated heterocycles. The smallest absolute Gasteiger partial charge is 0.307 e. The fraction of sp³-hybridized carbons (Fsp3) is 0.500. The first-order valence-corrected chi connectivity index (χ1v) is 6.34. The molecule has 1 unspecified atom stereocenters. The molecule has 0 spiro atoms. The van der Waals surface area contributed by atoms with E-state index >= 15 is 0 Å². The Bertz CT molecular complexity index is 420. The second kappa shape index (κ2) is 7.63. The van der Waals surface area contributed by atoms with Crippen molar-refractivity contribution in [2.45, 2.75) is 26.3 Å². The van der Waals surface area contributed by atoms with Crippen LogP contribution in [0.4, 0.5) is 0 Å². The highest BCUT2D eigenvalue weighted by molar-refractivity contribution is 5.70. The van der Waals surface area contributed by atoms with Gasteiger partial charge in [0.05, 0.1) is 26.7 Å². The molecule has 0 amide bonds. The Morgan fingerprint density at radius 2 is 2.05 bits per heavy atom. The van der Waals surface area contributed by atoms with Crippen LogP contribution < -0.4 is 15.2 Å². The largest absolute Gasteiger partial charge is 0.497 e. The summed E-state index contributed by atoms with van der Waals surface area (Å²) in [5.41, 5.74) is 6.79. The van der Waals surface area contributed by atoms with Crippen molar-refractivity contribution in [3.05, 3.63) is 23.8 Å². The summed E-state index contributed by atoms with van der Waals surface area (Å²) in [5.74, 6) is 1.03. The standard InChI is InChI=1S/C14H21NO4/c1-4-18-13-7-6-10(17-3)8-11(13)12(15)9-14(16)19-5-2/h6-8,12H,4-5,9,15H2,1-3H3. The predicted octanol–water partition coefficient (Wildman–Crippen LogP) is 2.05. The van der Waals surface area contributed by atoms with E-state index in [-0.39, 0.29) is 12.4 Å². The van der Waals surface area contributed by atoms with Crippen molar-refractivity contribution in [2.75, 3.05) is 20.3 Å². The fourth-order valence-electron chi connectivity index (χ4n) is 1.74. The lowest BCUT2D eigenvalue weighted by atomic mass is 10.0. The van der Waals surface area contributed by atoms with Gasteiger partial charge >= 0.3 is 5.97 Å². The predicted molar refractivity (Wildman–Crippen MR) is 72.3 cm³/mol. The Morgan fingerprint density at radius 1 is 1.32 bits per heavy atom. The highest BCUT2D eigenvalue weighted by Gasteiger charge is 2.17. The van der Waals surface area contributed by atoms with Gasteiger partial charge in [-0.1, -0.05) is 0 Å². The van der Waals surface area contributed by atoms with E-state index in [4.69, 9.17) is 19.9 Å². The summed E-state index contributed by atoms with van der Waals surface area (Å²) < 4.78 is 15.6. The molecule has 0 bridgehead atoms. The summed E-state index contributed by atoms with van der Waals surface area (Å²) in [4.78, 5) is 11.5. The quantitative estimate of drug-likeness (QED) is 0.765. The lowest BCUT2D eigenvalue weighted by Crippen LogP contribution is -2.18. The molecule has 0 aliphatic heterocycles. The zero-order valence-corrected chi connectivity index (χ0v) is 11.6. The Morgan fingerprint density at radius 3 is 2.63 bits per heavy atom. The molecular formula is C14H21NO4. The summed E-state index contributed by atoms with van der Waals surface area (Å²) in [6, 6.07) is 4.90. The van der Waals surface area contributed by atoms with E-state index in [1.54, 1.807) is 32.2 Å². The summed E-state index contributed by atoms with van der Waals surface area (Å²) in [7, 11) is 1.58.